The highest BCUT2D eigenvalue weighted by atomic mass is 16.5. The second-order valence-electron chi connectivity index (χ2n) is 4.27. The fourth-order valence-electron chi connectivity index (χ4n) is 2.18. The van der Waals surface area contributed by atoms with Gasteiger partial charge in [0.05, 0.1) is 12.2 Å². The molecular weight excluding hydrogens is 152 g/mol. The quantitative estimate of drug-likeness (QED) is 0.633. The van der Waals surface area contributed by atoms with Gasteiger partial charge in [0.2, 0.25) is 0 Å². The van der Waals surface area contributed by atoms with Crippen molar-refractivity contribution < 1.29 is 9.84 Å². The molecule has 0 radical (unpaired) electrons. The fourth-order valence-corrected chi connectivity index (χ4v) is 2.18. The standard InChI is InChI=1S/C10H16O2/c1-8(2)10-5-3-9(7-11,12-10)4-6-10/h3,5,8,11H,4,6-7H2,1-2H3. The van der Waals surface area contributed by atoms with Gasteiger partial charge in [-0.3, -0.25) is 0 Å². The Hall–Kier alpha value is -0.340. The lowest BCUT2D eigenvalue weighted by Gasteiger charge is -2.27. The molecule has 68 valence electrons. The molecule has 2 heterocycles. The van der Waals surface area contributed by atoms with E-state index in [-0.39, 0.29) is 17.8 Å². The summed E-state index contributed by atoms with van der Waals surface area (Å²) in [5.74, 6) is 0.504. The first-order valence-corrected chi connectivity index (χ1v) is 4.64. The largest absolute Gasteiger partial charge is 0.393 e. The molecule has 2 rings (SSSR count). The van der Waals surface area contributed by atoms with Crippen LogP contribution in [0.2, 0.25) is 0 Å². The molecule has 0 aromatic carbocycles. The van der Waals surface area contributed by atoms with Gasteiger partial charge in [0, 0.05) is 0 Å². The highest BCUT2D eigenvalue weighted by molar-refractivity contribution is 5.24. The van der Waals surface area contributed by atoms with Crippen molar-refractivity contribution in [3.63, 3.8) is 0 Å². The molecule has 2 aliphatic rings. The maximum absolute atomic E-state index is 9.16. The molecule has 0 saturated carbocycles. The molecule has 1 saturated heterocycles. The van der Waals surface area contributed by atoms with Crippen LogP contribution in [0.4, 0.5) is 0 Å². The van der Waals surface area contributed by atoms with Gasteiger partial charge in [-0.2, -0.15) is 0 Å². The molecule has 2 nitrogen and oxygen atoms in total. The third kappa shape index (κ3) is 0.882. The van der Waals surface area contributed by atoms with Crippen LogP contribution in [0.5, 0.6) is 0 Å². The summed E-state index contributed by atoms with van der Waals surface area (Å²) in [6.45, 7) is 4.46. The van der Waals surface area contributed by atoms with Gasteiger partial charge in [0.1, 0.15) is 5.60 Å². The van der Waals surface area contributed by atoms with Crippen LogP contribution >= 0.6 is 0 Å². The molecule has 0 aromatic heterocycles. The molecule has 1 fully saturated rings. The van der Waals surface area contributed by atoms with Gasteiger partial charge in [-0.05, 0) is 18.8 Å². The lowest BCUT2D eigenvalue weighted by Crippen LogP contribution is -2.33. The summed E-state index contributed by atoms with van der Waals surface area (Å²) in [5, 5.41) is 9.16. The number of rotatable bonds is 2. The summed E-state index contributed by atoms with van der Waals surface area (Å²) in [7, 11) is 0. The molecule has 12 heavy (non-hydrogen) atoms. The molecule has 0 aromatic rings. The Balaban J connectivity index is 2.24. The van der Waals surface area contributed by atoms with Crippen LogP contribution in [-0.2, 0) is 4.74 Å². The second kappa shape index (κ2) is 2.33. The zero-order valence-electron chi connectivity index (χ0n) is 7.71. The number of hydrogen-bond acceptors (Lipinski definition) is 2. The lowest BCUT2D eigenvalue weighted by molar-refractivity contribution is -0.0773. The van der Waals surface area contributed by atoms with E-state index >= 15 is 0 Å². The smallest absolute Gasteiger partial charge is 0.111 e. The first-order chi connectivity index (χ1) is 5.63. The normalized spacial score (nSPS) is 44.7. The van der Waals surface area contributed by atoms with Gasteiger partial charge in [-0.1, -0.05) is 26.0 Å². The highest BCUT2D eigenvalue weighted by Crippen LogP contribution is 2.48. The fraction of sp³-hybridized carbons (Fsp3) is 0.800. The van der Waals surface area contributed by atoms with E-state index in [1.807, 2.05) is 6.08 Å². The van der Waals surface area contributed by atoms with Gasteiger partial charge in [-0.15, -0.1) is 0 Å². The van der Waals surface area contributed by atoms with Crippen LogP contribution in [0.15, 0.2) is 12.2 Å². The molecular formula is C10H16O2. The van der Waals surface area contributed by atoms with E-state index in [0.717, 1.165) is 12.8 Å². The van der Waals surface area contributed by atoms with E-state index in [0.29, 0.717) is 5.92 Å². The van der Waals surface area contributed by atoms with Gasteiger partial charge >= 0.3 is 0 Å². The summed E-state index contributed by atoms with van der Waals surface area (Å²) in [6.07, 6.45) is 6.20. The zero-order valence-corrected chi connectivity index (χ0v) is 7.71. The Morgan fingerprint density at radius 1 is 1.42 bits per heavy atom. The molecule has 0 aliphatic carbocycles. The number of fused-ring (bicyclic) bond motifs is 2. The predicted octanol–water partition coefficient (Wildman–Crippen LogP) is 1.49. The van der Waals surface area contributed by atoms with Crippen molar-refractivity contribution in [2.24, 2.45) is 5.92 Å². The molecule has 2 bridgehead atoms. The van der Waals surface area contributed by atoms with Crippen molar-refractivity contribution in [2.45, 2.75) is 37.9 Å². The lowest BCUT2D eigenvalue weighted by atomic mass is 9.82. The van der Waals surface area contributed by atoms with Crippen LogP contribution in [-0.4, -0.2) is 22.9 Å². The van der Waals surface area contributed by atoms with Crippen LogP contribution in [0.1, 0.15) is 26.7 Å². The van der Waals surface area contributed by atoms with Crippen LogP contribution in [0, 0.1) is 5.92 Å². The Labute approximate surface area is 73.2 Å². The minimum Gasteiger partial charge on any atom is -0.393 e. The van der Waals surface area contributed by atoms with Gasteiger partial charge < -0.3 is 9.84 Å². The van der Waals surface area contributed by atoms with Crippen LogP contribution < -0.4 is 0 Å². The molecule has 1 N–H and O–H groups in total. The van der Waals surface area contributed by atoms with E-state index in [9.17, 15) is 0 Å². The Morgan fingerprint density at radius 3 is 2.42 bits per heavy atom. The number of ether oxygens (including phenoxy) is 1. The first-order valence-electron chi connectivity index (χ1n) is 4.64. The Kier molecular flexibility index (Phi) is 1.61. The van der Waals surface area contributed by atoms with Crippen molar-refractivity contribution >= 4 is 0 Å². The first kappa shape index (κ1) is 8.27. The maximum atomic E-state index is 9.16. The minimum absolute atomic E-state index is 0.0667. The van der Waals surface area contributed by atoms with E-state index < -0.39 is 0 Å². The maximum Gasteiger partial charge on any atom is 0.111 e. The SMILES string of the molecule is CC(C)C12C=CC(CO)(CC1)O2. The van der Waals surface area contributed by atoms with Crippen molar-refractivity contribution in [2.75, 3.05) is 6.61 Å². The summed E-state index contributed by atoms with van der Waals surface area (Å²) in [5.41, 5.74) is -0.396. The molecule has 2 atom stereocenters. The minimum atomic E-state index is -0.329. The topological polar surface area (TPSA) is 29.5 Å². The van der Waals surface area contributed by atoms with E-state index in [1.165, 1.54) is 0 Å². The Bertz CT molecular complexity index is 222. The van der Waals surface area contributed by atoms with Crippen molar-refractivity contribution in [3.05, 3.63) is 12.2 Å². The van der Waals surface area contributed by atoms with Crippen molar-refractivity contribution in [1.29, 1.82) is 0 Å². The predicted molar refractivity (Wildman–Crippen MR) is 46.8 cm³/mol. The third-order valence-corrected chi connectivity index (χ3v) is 3.25. The van der Waals surface area contributed by atoms with E-state index in [1.54, 1.807) is 0 Å². The number of aliphatic hydroxyl groups is 1. The van der Waals surface area contributed by atoms with E-state index in [4.69, 9.17) is 9.84 Å². The molecule has 0 spiro atoms. The van der Waals surface area contributed by atoms with Crippen molar-refractivity contribution in [3.8, 4) is 0 Å². The summed E-state index contributed by atoms with van der Waals surface area (Å²) < 4.78 is 5.90. The average Bonchev–Trinajstić information content (AvgIpc) is 2.61. The molecule has 2 heteroatoms. The summed E-state index contributed by atoms with van der Waals surface area (Å²) in [4.78, 5) is 0. The van der Waals surface area contributed by atoms with E-state index in [2.05, 4.69) is 19.9 Å². The zero-order chi connectivity index (χ0) is 8.82. The Morgan fingerprint density at radius 2 is 2.17 bits per heavy atom. The third-order valence-electron chi connectivity index (χ3n) is 3.25. The molecule has 2 aliphatic heterocycles. The molecule has 0 amide bonds. The number of aliphatic hydroxyl groups excluding tert-OH is 1. The van der Waals surface area contributed by atoms with Crippen LogP contribution in [0.25, 0.3) is 0 Å². The molecule has 2 unspecified atom stereocenters. The van der Waals surface area contributed by atoms with Crippen molar-refractivity contribution in [1.82, 2.24) is 0 Å². The van der Waals surface area contributed by atoms with Gasteiger partial charge in [0.25, 0.3) is 0 Å². The highest BCUT2D eigenvalue weighted by Gasteiger charge is 2.52. The monoisotopic (exact) mass is 168 g/mol. The average molecular weight is 168 g/mol. The second-order valence-corrected chi connectivity index (χ2v) is 4.27. The van der Waals surface area contributed by atoms with Gasteiger partial charge in [0.15, 0.2) is 0 Å². The van der Waals surface area contributed by atoms with Gasteiger partial charge in [-0.25, -0.2) is 0 Å². The summed E-state index contributed by atoms with van der Waals surface area (Å²) >= 11 is 0. The summed E-state index contributed by atoms with van der Waals surface area (Å²) in [6, 6.07) is 0. The van der Waals surface area contributed by atoms with Crippen LogP contribution in [0.3, 0.4) is 0 Å². The number of hydrogen-bond donors (Lipinski definition) is 1.